The molecular formula is C15H10N3O3S-. The van der Waals surface area contributed by atoms with E-state index in [1.54, 1.807) is 18.2 Å². The van der Waals surface area contributed by atoms with Crippen molar-refractivity contribution in [3.05, 3.63) is 69.2 Å². The zero-order valence-electron chi connectivity index (χ0n) is 11.2. The summed E-state index contributed by atoms with van der Waals surface area (Å²) in [4.78, 5) is 26.1. The molecule has 0 atom stereocenters. The van der Waals surface area contributed by atoms with Crippen LogP contribution >= 0.6 is 12.2 Å². The van der Waals surface area contributed by atoms with Gasteiger partial charge in [0, 0.05) is 0 Å². The molecule has 2 N–H and O–H groups in total. The summed E-state index contributed by atoms with van der Waals surface area (Å²) in [6.07, 6.45) is 0. The third kappa shape index (κ3) is 2.49. The molecule has 1 heterocycles. The van der Waals surface area contributed by atoms with E-state index in [-0.39, 0.29) is 15.9 Å². The molecule has 0 bridgehead atoms. The van der Waals surface area contributed by atoms with Gasteiger partial charge in [-0.3, -0.25) is 10.2 Å². The van der Waals surface area contributed by atoms with Gasteiger partial charge in [0.25, 0.3) is 5.56 Å². The summed E-state index contributed by atoms with van der Waals surface area (Å²) in [5.74, 6) is -1.26. The monoisotopic (exact) mass is 312 g/mol. The summed E-state index contributed by atoms with van der Waals surface area (Å²) in [7, 11) is 0. The fourth-order valence-corrected chi connectivity index (χ4v) is 2.31. The largest absolute Gasteiger partial charge is 0.545 e. The molecular weight excluding hydrogens is 302 g/mol. The fourth-order valence-electron chi connectivity index (χ4n) is 2.07. The Balaban J connectivity index is 2.05. The van der Waals surface area contributed by atoms with Crippen LogP contribution in [0.5, 0.6) is 0 Å². The summed E-state index contributed by atoms with van der Waals surface area (Å²) in [6.45, 7) is 0. The van der Waals surface area contributed by atoms with Crippen LogP contribution in [0.1, 0.15) is 10.4 Å². The average molecular weight is 312 g/mol. The van der Waals surface area contributed by atoms with Gasteiger partial charge >= 0.3 is 0 Å². The summed E-state index contributed by atoms with van der Waals surface area (Å²) >= 11 is 5.17. The van der Waals surface area contributed by atoms with Crippen LogP contribution in [0.25, 0.3) is 10.9 Å². The first-order chi connectivity index (χ1) is 10.6. The highest BCUT2D eigenvalue weighted by Crippen LogP contribution is 2.10. The molecule has 0 radical (unpaired) electrons. The molecule has 22 heavy (non-hydrogen) atoms. The van der Waals surface area contributed by atoms with Gasteiger partial charge in [0.2, 0.25) is 0 Å². The van der Waals surface area contributed by atoms with Crippen molar-refractivity contribution in [2.45, 2.75) is 0 Å². The maximum absolute atomic E-state index is 12.4. The van der Waals surface area contributed by atoms with Crippen molar-refractivity contribution in [3.8, 4) is 0 Å². The highest BCUT2D eigenvalue weighted by atomic mass is 32.1. The van der Waals surface area contributed by atoms with Gasteiger partial charge in [-0.2, -0.15) is 4.68 Å². The van der Waals surface area contributed by atoms with Gasteiger partial charge in [-0.25, -0.2) is 0 Å². The van der Waals surface area contributed by atoms with Crippen LogP contribution in [0.2, 0.25) is 0 Å². The van der Waals surface area contributed by atoms with Crippen molar-refractivity contribution in [2.75, 3.05) is 5.43 Å². The first kappa shape index (κ1) is 14.0. The van der Waals surface area contributed by atoms with Crippen molar-refractivity contribution in [2.24, 2.45) is 0 Å². The van der Waals surface area contributed by atoms with Gasteiger partial charge in [-0.1, -0.05) is 24.3 Å². The quantitative estimate of drug-likeness (QED) is 0.711. The van der Waals surface area contributed by atoms with Crippen molar-refractivity contribution < 1.29 is 9.90 Å². The third-order valence-electron chi connectivity index (χ3n) is 3.17. The van der Waals surface area contributed by atoms with E-state index in [4.69, 9.17) is 12.2 Å². The van der Waals surface area contributed by atoms with Gasteiger partial charge in [-0.05, 0) is 42.0 Å². The van der Waals surface area contributed by atoms with Crippen LogP contribution in [0, 0.1) is 4.77 Å². The minimum absolute atomic E-state index is 0.0570. The molecule has 0 aliphatic carbocycles. The Morgan fingerprint density at radius 2 is 1.82 bits per heavy atom. The zero-order valence-corrected chi connectivity index (χ0v) is 12.0. The lowest BCUT2D eigenvalue weighted by atomic mass is 10.2. The first-order valence-electron chi connectivity index (χ1n) is 6.39. The lowest BCUT2D eigenvalue weighted by Gasteiger charge is -2.11. The van der Waals surface area contributed by atoms with Crippen LogP contribution < -0.4 is 16.1 Å². The minimum Gasteiger partial charge on any atom is -0.545 e. The number of benzene rings is 2. The van der Waals surface area contributed by atoms with Crippen molar-refractivity contribution in [1.29, 1.82) is 0 Å². The Labute approximate surface area is 129 Å². The molecule has 0 spiro atoms. The van der Waals surface area contributed by atoms with Gasteiger partial charge < -0.3 is 14.9 Å². The number of carboxylic acid groups (broad SMARTS) is 1. The van der Waals surface area contributed by atoms with E-state index in [1.807, 2.05) is 6.07 Å². The van der Waals surface area contributed by atoms with Crippen LogP contribution in [-0.2, 0) is 0 Å². The number of H-pyrrole nitrogens is 1. The number of carbonyl (C=O) groups is 1. The maximum atomic E-state index is 12.4. The van der Waals surface area contributed by atoms with Crippen molar-refractivity contribution in [1.82, 2.24) is 9.66 Å². The molecule has 3 rings (SSSR count). The minimum atomic E-state index is -1.26. The smallest absolute Gasteiger partial charge is 0.281 e. The molecule has 1 aromatic heterocycles. The van der Waals surface area contributed by atoms with Crippen molar-refractivity contribution in [3.63, 3.8) is 0 Å². The second-order valence-electron chi connectivity index (χ2n) is 4.59. The topological polar surface area (TPSA) is 89.9 Å². The molecule has 0 saturated heterocycles. The normalized spacial score (nSPS) is 10.5. The summed E-state index contributed by atoms with van der Waals surface area (Å²) in [5, 5.41) is 11.2. The molecule has 0 aliphatic heterocycles. The Bertz CT molecular complexity index is 974. The van der Waals surface area contributed by atoms with E-state index in [0.29, 0.717) is 16.6 Å². The number of carboxylic acids is 1. The molecule has 6 nitrogen and oxygen atoms in total. The van der Waals surface area contributed by atoms with Gasteiger partial charge in [0.1, 0.15) is 0 Å². The maximum Gasteiger partial charge on any atom is 0.281 e. The lowest BCUT2D eigenvalue weighted by Crippen LogP contribution is -2.28. The number of carbonyl (C=O) groups excluding carboxylic acids is 1. The predicted octanol–water partition coefficient (Wildman–Crippen LogP) is 1.30. The van der Waals surface area contributed by atoms with Gasteiger partial charge in [0.05, 0.1) is 22.6 Å². The highest BCUT2D eigenvalue weighted by Gasteiger charge is 2.05. The summed E-state index contributed by atoms with van der Waals surface area (Å²) in [6, 6.07) is 12.9. The Kier molecular flexibility index (Phi) is 3.48. The van der Waals surface area contributed by atoms with E-state index >= 15 is 0 Å². The molecule has 110 valence electrons. The average Bonchev–Trinajstić information content (AvgIpc) is 2.52. The van der Waals surface area contributed by atoms with E-state index in [1.165, 1.54) is 28.9 Å². The number of nitrogens with one attached hydrogen (secondary N) is 2. The molecule has 0 amide bonds. The Hall–Kier alpha value is -2.93. The van der Waals surface area contributed by atoms with E-state index in [0.717, 1.165) is 0 Å². The highest BCUT2D eigenvalue weighted by molar-refractivity contribution is 7.71. The molecule has 2 aromatic carbocycles. The fraction of sp³-hybridized carbons (Fsp3) is 0. The molecule has 7 heteroatoms. The van der Waals surface area contributed by atoms with Crippen LogP contribution in [0.15, 0.2) is 53.3 Å². The number of anilines is 1. The van der Waals surface area contributed by atoms with E-state index < -0.39 is 5.97 Å². The second-order valence-corrected chi connectivity index (χ2v) is 4.98. The first-order valence-corrected chi connectivity index (χ1v) is 6.79. The van der Waals surface area contributed by atoms with Gasteiger partial charge in [0.15, 0.2) is 4.77 Å². The standard InChI is InChI=1S/C15H11N3O3S/c19-13-11-3-1-2-4-12(11)16-15(22)18(13)17-10-7-5-9(6-8-10)14(20)21/h1-8,17H,(H,16,22)(H,20,21)/p-1. The number of aromatic nitrogens is 2. The molecule has 3 aromatic rings. The van der Waals surface area contributed by atoms with Crippen molar-refractivity contribution >= 4 is 34.8 Å². The summed E-state index contributed by atoms with van der Waals surface area (Å²) < 4.78 is 1.42. The second kappa shape index (κ2) is 5.45. The number of aromatic amines is 1. The van der Waals surface area contributed by atoms with Gasteiger partial charge in [-0.15, -0.1) is 0 Å². The number of aromatic carboxylic acids is 1. The number of rotatable bonds is 3. The number of fused-ring (bicyclic) bond motifs is 1. The number of hydrogen-bond acceptors (Lipinski definition) is 5. The third-order valence-corrected chi connectivity index (χ3v) is 3.45. The Morgan fingerprint density at radius 3 is 2.50 bits per heavy atom. The lowest BCUT2D eigenvalue weighted by molar-refractivity contribution is -0.255. The molecule has 0 aliphatic rings. The number of para-hydroxylation sites is 1. The van der Waals surface area contributed by atoms with Crippen LogP contribution in [0.4, 0.5) is 5.69 Å². The SMILES string of the molecule is O=C([O-])c1ccc(Nn2c(=S)[nH]c3ccccc3c2=O)cc1. The summed E-state index contributed by atoms with van der Waals surface area (Å²) in [5.41, 5.74) is 3.81. The van der Waals surface area contributed by atoms with Crippen LogP contribution in [-0.4, -0.2) is 15.6 Å². The van der Waals surface area contributed by atoms with E-state index in [2.05, 4.69) is 10.4 Å². The zero-order chi connectivity index (χ0) is 15.7. The molecule has 0 fully saturated rings. The molecule has 0 unspecified atom stereocenters. The number of nitrogens with zero attached hydrogens (tertiary/aromatic N) is 1. The predicted molar refractivity (Wildman–Crippen MR) is 83.2 cm³/mol. The van der Waals surface area contributed by atoms with E-state index in [9.17, 15) is 14.7 Å². The van der Waals surface area contributed by atoms with Crippen LogP contribution in [0.3, 0.4) is 0 Å². The Morgan fingerprint density at radius 1 is 1.14 bits per heavy atom. The molecule has 0 saturated carbocycles. The number of hydrogen-bond donors (Lipinski definition) is 2.